The van der Waals surface area contributed by atoms with Gasteiger partial charge in [-0.1, -0.05) is 30.7 Å². The first kappa shape index (κ1) is 15.7. The minimum absolute atomic E-state index is 0.0804. The van der Waals surface area contributed by atoms with Gasteiger partial charge in [0.15, 0.2) is 0 Å². The lowest BCUT2D eigenvalue weighted by atomic mass is 9.91. The Morgan fingerprint density at radius 2 is 2.20 bits per heavy atom. The summed E-state index contributed by atoms with van der Waals surface area (Å²) < 4.78 is 14.9. The maximum absolute atomic E-state index is 14.3. The van der Waals surface area contributed by atoms with E-state index in [2.05, 4.69) is 34.2 Å². The Bertz CT molecular complexity index is 470. The smallest absolute Gasteiger partial charge is 0.142 e. The number of hydrogen-bond acceptors (Lipinski definition) is 1. The van der Waals surface area contributed by atoms with Gasteiger partial charge < -0.3 is 5.32 Å². The van der Waals surface area contributed by atoms with Crippen LogP contribution in [-0.2, 0) is 0 Å². The van der Waals surface area contributed by atoms with Crippen molar-refractivity contribution in [3.05, 3.63) is 45.7 Å². The Morgan fingerprint density at radius 3 is 2.90 bits per heavy atom. The highest BCUT2D eigenvalue weighted by Gasteiger charge is 2.18. The molecule has 0 amide bonds. The SMILES string of the molecule is CCCNC(CC1=CCCCC1)c1cccc(Br)c1F. The van der Waals surface area contributed by atoms with Gasteiger partial charge in [0.05, 0.1) is 4.47 Å². The summed E-state index contributed by atoms with van der Waals surface area (Å²) in [5, 5.41) is 3.50. The van der Waals surface area contributed by atoms with Gasteiger partial charge in [-0.3, -0.25) is 0 Å². The van der Waals surface area contributed by atoms with Crippen molar-refractivity contribution < 1.29 is 4.39 Å². The van der Waals surface area contributed by atoms with Crippen molar-refractivity contribution in [2.75, 3.05) is 6.54 Å². The molecule has 20 heavy (non-hydrogen) atoms. The van der Waals surface area contributed by atoms with Crippen molar-refractivity contribution in [1.82, 2.24) is 5.32 Å². The maximum Gasteiger partial charge on any atom is 0.142 e. The van der Waals surface area contributed by atoms with Crippen LogP contribution in [0, 0.1) is 5.82 Å². The first-order chi connectivity index (χ1) is 9.72. The molecule has 1 aromatic rings. The van der Waals surface area contributed by atoms with Crippen LogP contribution in [-0.4, -0.2) is 6.54 Å². The topological polar surface area (TPSA) is 12.0 Å². The van der Waals surface area contributed by atoms with E-state index in [1.165, 1.54) is 31.3 Å². The monoisotopic (exact) mass is 339 g/mol. The maximum atomic E-state index is 14.3. The second-order valence-corrected chi connectivity index (χ2v) is 6.32. The molecule has 0 radical (unpaired) electrons. The molecular formula is C17H23BrFN. The largest absolute Gasteiger partial charge is 0.310 e. The second kappa shape index (κ2) is 7.94. The molecular weight excluding hydrogens is 317 g/mol. The molecule has 0 saturated carbocycles. The van der Waals surface area contributed by atoms with E-state index in [0.29, 0.717) is 4.47 Å². The van der Waals surface area contributed by atoms with Crippen LogP contribution in [0.2, 0.25) is 0 Å². The van der Waals surface area contributed by atoms with Crippen molar-refractivity contribution in [2.24, 2.45) is 0 Å². The molecule has 1 aliphatic rings. The van der Waals surface area contributed by atoms with Crippen molar-refractivity contribution in [1.29, 1.82) is 0 Å². The van der Waals surface area contributed by atoms with Gasteiger partial charge in [0, 0.05) is 11.6 Å². The van der Waals surface area contributed by atoms with E-state index in [9.17, 15) is 4.39 Å². The summed E-state index contributed by atoms with van der Waals surface area (Å²) in [6.07, 6.45) is 9.24. The Kier molecular flexibility index (Phi) is 6.24. The quantitative estimate of drug-likeness (QED) is 0.673. The first-order valence-corrected chi connectivity index (χ1v) is 8.37. The molecule has 0 aliphatic heterocycles. The standard InChI is InChI=1S/C17H23BrFN/c1-2-11-20-16(12-13-7-4-3-5-8-13)14-9-6-10-15(18)17(14)19/h6-7,9-10,16,20H,2-5,8,11-12H2,1H3. The Hall–Kier alpha value is -0.670. The number of allylic oxidation sites excluding steroid dienone is 1. The van der Waals surface area contributed by atoms with Crippen LogP contribution in [0.4, 0.5) is 4.39 Å². The van der Waals surface area contributed by atoms with E-state index in [1.807, 2.05) is 12.1 Å². The van der Waals surface area contributed by atoms with Crippen LogP contribution >= 0.6 is 15.9 Å². The van der Waals surface area contributed by atoms with Gasteiger partial charge in [0.2, 0.25) is 0 Å². The van der Waals surface area contributed by atoms with Gasteiger partial charge in [-0.15, -0.1) is 0 Å². The fourth-order valence-corrected chi connectivity index (χ4v) is 3.13. The minimum atomic E-state index is -0.127. The van der Waals surface area contributed by atoms with E-state index in [1.54, 1.807) is 6.07 Å². The summed E-state index contributed by atoms with van der Waals surface area (Å²) >= 11 is 3.29. The highest BCUT2D eigenvalue weighted by molar-refractivity contribution is 9.10. The van der Waals surface area contributed by atoms with Gasteiger partial charge in [-0.25, -0.2) is 4.39 Å². The highest BCUT2D eigenvalue weighted by atomic mass is 79.9. The van der Waals surface area contributed by atoms with Crippen LogP contribution in [0.25, 0.3) is 0 Å². The number of halogens is 2. The molecule has 110 valence electrons. The van der Waals surface area contributed by atoms with Crippen LogP contribution in [0.15, 0.2) is 34.3 Å². The normalized spacial score (nSPS) is 16.9. The summed E-state index contributed by atoms with van der Waals surface area (Å²) in [6, 6.07) is 5.65. The van der Waals surface area contributed by atoms with Gasteiger partial charge in [-0.05, 0) is 67.1 Å². The predicted molar refractivity (Wildman–Crippen MR) is 86.3 cm³/mol. The number of nitrogens with one attached hydrogen (secondary N) is 1. The number of hydrogen-bond donors (Lipinski definition) is 1. The molecule has 0 heterocycles. The number of benzene rings is 1. The van der Waals surface area contributed by atoms with E-state index in [0.717, 1.165) is 24.9 Å². The van der Waals surface area contributed by atoms with E-state index >= 15 is 0 Å². The van der Waals surface area contributed by atoms with Crippen molar-refractivity contribution in [3.63, 3.8) is 0 Å². The lowest BCUT2D eigenvalue weighted by Gasteiger charge is -2.23. The zero-order valence-corrected chi connectivity index (χ0v) is 13.7. The summed E-state index contributed by atoms with van der Waals surface area (Å²) in [6.45, 7) is 3.06. The Balaban J connectivity index is 2.17. The second-order valence-electron chi connectivity index (χ2n) is 5.46. The van der Waals surface area contributed by atoms with E-state index in [-0.39, 0.29) is 11.9 Å². The lowest BCUT2D eigenvalue weighted by Crippen LogP contribution is -2.24. The zero-order chi connectivity index (χ0) is 14.4. The molecule has 0 fully saturated rings. The lowest BCUT2D eigenvalue weighted by molar-refractivity contribution is 0.483. The van der Waals surface area contributed by atoms with E-state index < -0.39 is 0 Å². The minimum Gasteiger partial charge on any atom is -0.310 e. The Morgan fingerprint density at radius 1 is 1.35 bits per heavy atom. The zero-order valence-electron chi connectivity index (χ0n) is 12.1. The molecule has 0 aromatic heterocycles. The average Bonchev–Trinajstić information content (AvgIpc) is 2.48. The third-order valence-corrected chi connectivity index (χ3v) is 4.46. The van der Waals surface area contributed by atoms with Crippen LogP contribution in [0.5, 0.6) is 0 Å². The Labute approximate surface area is 129 Å². The van der Waals surface area contributed by atoms with Crippen molar-refractivity contribution >= 4 is 15.9 Å². The molecule has 0 spiro atoms. The first-order valence-electron chi connectivity index (χ1n) is 7.57. The average molecular weight is 340 g/mol. The van der Waals surface area contributed by atoms with Gasteiger partial charge in [0.25, 0.3) is 0 Å². The molecule has 1 aromatic carbocycles. The number of rotatable bonds is 6. The molecule has 1 nitrogen and oxygen atoms in total. The predicted octanol–water partition coefficient (Wildman–Crippen LogP) is 5.52. The summed E-state index contributed by atoms with van der Waals surface area (Å²) in [4.78, 5) is 0. The molecule has 1 aliphatic carbocycles. The van der Waals surface area contributed by atoms with Gasteiger partial charge >= 0.3 is 0 Å². The molecule has 1 N–H and O–H groups in total. The molecule has 1 unspecified atom stereocenters. The van der Waals surface area contributed by atoms with Gasteiger partial charge in [-0.2, -0.15) is 0 Å². The fraction of sp³-hybridized carbons (Fsp3) is 0.529. The van der Waals surface area contributed by atoms with Crippen molar-refractivity contribution in [2.45, 2.75) is 51.5 Å². The fourth-order valence-electron chi connectivity index (χ4n) is 2.75. The third-order valence-electron chi connectivity index (χ3n) is 3.85. The molecule has 1 atom stereocenters. The van der Waals surface area contributed by atoms with Crippen LogP contribution < -0.4 is 5.32 Å². The van der Waals surface area contributed by atoms with Gasteiger partial charge in [0.1, 0.15) is 5.82 Å². The third kappa shape index (κ3) is 4.16. The van der Waals surface area contributed by atoms with Crippen LogP contribution in [0.3, 0.4) is 0 Å². The molecule has 2 rings (SSSR count). The van der Waals surface area contributed by atoms with E-state index in [4.69, 9.17) is 0 Å². The molecule has 0 saturated heterocycles. The molecule has 3 heteroatoms. The van der Waals surface area contributed by atoms with Crippen LogP contribution in [0.1, 0.15) is 57.1 Å². The highest BCUT2D eigenvalue weighted by Crippen LogP contribution is 2.31. The summed E-state index contributed by atoms with van der Waals surface area (Å²) in [5.41, 5.74) is 2.25. The molecule has 0 bridgehead atoms. The van der Waals surface area contributed by atoms with Crippen molar-refractivity contribution in [3.8, 4) is 0 Å². The summed E-state index contributed by atoms with van der Waals surface area (Å²) in [5.74, 6) is -0.127. The summed E-state index contributed by atoms with van der Waals surface area (Å²) in [7, 11) is 0.